The van der Waals surface area contributed by atoms with Crippen LogP contribution >= 0.6 is 0 Å². The van der Waals surface area contributed by atoms with E-state index in [1.54, 1.807) is 18.6 Å². The van der Waals surface area contributed by atoms with Crippen molar-refractivity contribution in [3.63, 3.8) is 0 Å². The number of anilines is 1. The normalized spacial score (nSPS) is 10.8. The van der Waals surface area contributed by atoms with Crippen LogP contribution in [0.5, 0.6) is 0 Å². The standard InChI is InChI=1S/C22H21N7O3/c1-28-18(13-19(30)29(2)22(28)32)21(31)26-11-10-25-20-15-4-3-7-24-17(15)12-16(27-20)14-5-8-23-9-6-14/h3-9,12-13H,10-11H2,1-2H3,(H,25,27)(H,26,31). The Morgan fingerprint density at radius 3 is 2.56 bits per heavy atom. The second-order valence-corrected chi connectivity index (χ2v) is 7.11. The van der Waals surface area contributed by atoms with Gasteiger partial charge < -0.3 is 10.6 Å². The Balaban J connectivity index is 1.50. The van der Waals surface area contributed by atoms with Crippen molar-refractivity contribution in [3.05, 3.63) is 81.5 Å². The third kappa shape index (κ3) is 4.10. The smallest absolute Gasteiger partial charge is 0.331 e. The number of carbonyl (C=O) groups is 1. The summed E-state index contributed by atoms with van der Waals surface area (Å²) in [5.74, 6) is 0.131. The Hall–Kier alpha value is -4.34. The van der Waals surface area contributed by atoms with Gasteiger partial charge in [0.05, 0.1) is 11.2 Å². The first-order valence-corrected chi connectivity index (χ1v) is 9.91. The molecule has 0 radical (unpaired) electrons. The molecule has 4 aromatic rings. The molecule has 0 aromatic carbocycles. The molecule has 32 heavy (non-hydrogen) atoms. The van der Waals surface area contributed by atoms with Gasteiger partial charge in [-0.05, 0) is 30.3 Å². The molecular weight excluding hydrogens is 410 g/mol. The molecule has 0 spiro atoms. The fourth-order valence-corrected chi connectivity index (χ4v) is 3.28. The lowest BCUT2D eigenvalue weighted by atomic mass is 10.1. The lowest BCUT2D eigenvalue weighted by Crippen LogP contribution is -2.41. The topological polar surface area (TPSA) is 124 Å². The molecule has 2 N–H and O–H groups in total. The zero-order chi connectivity index (χ0) is 22.7. The van der Waals surface area contributed by atoms with Gasteiger partial charge in [-0.3, -0.25) is 28.7 Å². The van der Waals surface area contributed by atoms with Gasteiger partial charge in [-0.25, -0.2) is 9.78 Å². The van der Waals surface area contributed by atoms with Crippen molar-refractivity contribution in [2.75, 3.05) is 18.4 Å². The van der Waals surface area contributed by atoms with Crippen LogP contribution in [-0.4, -0.2) is 43.1 Å². The molecular formula is C22H21N7O3. The summed E-state index contributed by atoms with van der Waals surface area (Å²) in [4.78, 5) is 49.5. The van der Waals surface area contributed by atoms with E-state index in [2.05, 4.69) is 20.6 Å². The van der Waals surface area contributed by atoms with E-state index >= 15 is 0 Å². The average molecular weight is 431 g/mol. The third-order valence-corrected chi connectivity index (χ3v) is 5.04. The van der Waals surface area contributed by atoms with Crippen molar-refractivity contribution in [1.29, 1.82) is 0 Å². The molecule has 0 fully saturated rings. The van der Waals surface area contributed by atoms with Crippen LogP contribution in [0.4, 0.5) is 5.82 Å². The number of amides is 1. The highest BCUT2D eigenvalue weighted by molar-refractivity contribution is 5.93. The molecule has 4 rings (SSSR count). The third-order valence-electron chi connectivity index (χ3n) is 5.04. The summed E-state index contributed by atoms with van der Waals surface area (Å²) in [6, 6.07) is 10.5. The molecule has 0 aliphatic rings. The van der Waals surface area contributed by atoms with E-state index in [9.17, 15) is 14.4 Å². The maximum atomic E-state index is 12.5. The zero-order valence-corrected chi connectivity index (χ0v) is 17.6. The molecule has 1 amide bonds. The van der Waals surface area contributed by atoms with Gasteiger partial charge in [0, 0.05) is 62.8 Å². The van der Waals surface area contributed by atoms with Gasteiger partial charge in [-0.15, -0.1) is 0 Å². The average Bonchev–Trinajstić information content (AvgIpc) is 2.82. The van der Waals surface area contributed by atoms with Crippen LogP contribution in [-0.2, 0) is 14.1 Å². The predicted octanol–water partition coefficient (Wildman–Crippen LogP) is 0.931. The van der Waals surface area contributed by atoms with Crippen LogP contribution in [0.25, 0.3) is 22.2 Å². The first-order chi connectivity index (χ1) is 15.5. The van der Waals surface area contributed by atoms with E-state index < -0.39 is 17.2 Å². The first kappa shape index (κ1) is 20.9. The fourth-order valence-electron chi connectivity index (χ4n) is 3.28. The Morgan fingerprint density at radius 2 is 1.78 bits per heavy atom. The van der Waals surface area contributed by atoms with Crippen LogP contribution in [0.2, 0.25) is 0 Å². The van der Waals surface area contributed by atoms with Crippen molar-refractivity contribution in [2.24, 2.45) is 14.1 Å². The van der Waals surface area contributed by atoms with Gasteiger partial charge in [0.25, 0.3) is 11.5 Å². The lowest BCUT2D eigenvalue weighted by Gasteiger charge is -2.13. The largest absolute Gasteiger partial charge is 0.368 e. The van der Waals surface area contributed by atoms with Crippen LogP contribution in [0, 0.1) is 0 Å². The number of hydrogen-bond acceptors (Lipinski definition) is 7. The predicted molar refractivity (Wildman–Crippen MR) is 121 cm³/mol. The summed E-state index contributed by atoms with van der Waals surface area (Å²) in [6.07, 6.45) is 5.12. The summed E-state index contributed by atoms with van der Waals surface area (Å²) < 4.78 is 2.09. The zero-order valence-electron chi connectivity index (χ0n) is 17.6. The molecule has 0 atom stereocenters. The molecule has 10 nitrogen and oxygen atoms in total. The van der Waals surface area contributed by atoms with Crippen molar-refractivity contribution in [3.8, 4) is 11.3 Å². The van der Waals surface area contributed by atoms with Gasteiger partial charge in [-0.1, -0.05) is 0 Å². The molecule has 10 heteroatoms. The minimum atomic E-state index is -0.558. The number of carbonyl (C=O) groups excluding carboxylic acids is 1. The van der Waals surface area contributed by atoms with Crippen molar-refractivity contribution in [2.45, 2.75) is 0 Å². The van der Waals surface area contributed by atoms with Gasteiger partial charge in [0.1, 0.15) is 11.5 Å². The number of hydrogen-bond donors (Lipinski definition) is 2. The first-order valence-electron chi connectivity index (χ1n) is 9.91. The fraction of sp³-hybridized carbons (Fsp3) is 0.182. The van der Waals surface area contributed by atoms with Crippen molar-refractivity contribution in [1.82, 2.24) is 29.4 Å². The minimum Gasteiger partial charge on any atom is -0.368 e. The molecule has 0 saturated heterocycles. The Kier molecular flexibility index (Phi) is 5.75. The number of aromatic nitrogens is 5. The number of rotatable bonds is 6. The van der Waals surface area contributed by atoms with E-state index in [1.807, 2.05) is 30.3 Å². The minimum absolute atomic E-state index is 0.00515. The molecule has 4 aromatic heterocycles. The Morgan fingerprint density at radius 1 is 1.00 bits per heavy atom. The van der Waals surface area contributed by atoms with E-state index in [1.165, 1.54) is 14.1 Å². The molecule has 0 aliphatic carbocycles. The molecule has 0 saturated carbocycles. The summed E-state index contributed by atoms with van der Waals surface area (Å²) in [5, 5.41) is 6.81. The highest BCUT2D eigenvalue weighted by atomic mass is 16.2. The summed E-state index contributed by atoms with van der Waals surface area (Å²) in [5.41, 5.74) is 1.36. The number of fused-ring (bicyclic) bond motifs is 1. The molecule has 162 valence electrons. The quantitative estimate of drug-likeness (QED) is 0.435. The van der Waals surface area contributed by atoms with Crippen molar-refractivity contribution < 1.29 is 4.79 Å². The van der Waals surface area contributed by atoms with Gasteiger partial charge in [-0.2, -0.15) is 0 Å². The van der Waals surface area contributed by atoms with E-state index in [0.29, 0.717) is 12.4 Å². The maximum Gasteiger partial charge on any atom is 0.331 e. The Bertz CT molecular complexity index is 1410. The second-order valence-electron chi connectivity index (χ2n) is 7.11. The van der Waals surface area contributed by atoms with E-state index in [-0.39, 0.29) is 12.2 Å². The van der Waals surface area contributed by atoms with Crippen molar-refractivity contribution >= 4 is 22.6 Å². The lowest BCUT2D eigenvalue weighted by molar-refractivity contribution is 0.0945. The number of nitrogens with zero attached hydrogens (tertiary/aromatic N) is 5. The van der Waals surface area contributed by atoms with Crippen LogP contribution in [0.1, 0.15) is 10.5 Å². The van der Waals surface area contributed by atoms with Crippen LogP contribution in [0.15, 0.2) is 64.6 Å². The summed E-state index contributed by atoms with van der Waals surface area (Å²) in [7, 11) is 2.81. The SMILES string of the molecule is Cn1c(C(=O)NCCNc2nc(-c3ccncc3)cc3ncccc23)cc(=O)n(C)c1=O. The summed E-state index contributed by atoms with van der Waals surface area (Å²) in [6.45, 7) is 0.631. The molecule has 0 unspecified atom stereocenters. The molecule has 0 aliphatic heterocycles. The Labute approximate surface area is 182 Å². The van der Waals surface area contributed by atoms with E-state index in [0.717, 1.165) is 37.4 Å². The molecule has 4 heterocycles. The van der Waals surface area contributed by atoms with Gasteiger partial charge >= 0.3 is 5.69 Å². The molecule has 0 bridgehead atoms. The summed E-state index contributed by atoms with van der Waals surface area (Å²) >= 11 is 0. The van der Waals surface area contributed by atoms with Gasteiger partial charge in [0.2, 0.25) is 0 Å². The maximum absolute atomic E-state index is 12.5. The van der Waals surface area contributed by atoms with Crippen LogP contribution in [0.3, 0.4) is 0 Å². The van der Waals surface area contributed by atoms with Gasteiger partial charge in [0.15, 0.2) is 0 Å². The second kappa shape index (κ2) is 8.80. The van der Waals surface area contributed by atoms with Crippen LogP contribution < -0.4 is 21.9 Å². The highest BCUT2D eigenvalue weighted by Crippen LogP contribution is 2.26. The monoisotopic (exact) mass is 431 g/mol. The number of pyridine rings is 3. The highest BCUT2D eigenvalue weighted by Gasteiger charge is 2.13. The van der Waals surface area contributed by atoms with E-state index in [4.69, 9.17) is 4.98 Å². The number of nitrogens with one attached hydrogen (secondary N) is 2.